The predicted octanol–water partition coefficient (Wildman–Crippen LogP) is 2.15. The molecule has 6 nitrogen and oxygen atoms in total. The fourth-order valence-corrected chi connectivity index (χ4v) is 2.71. The summed E-state index contributed by atoms with van der Waals surface area (Å²) in [7, 11) is 2.91. The van der Waals surface area contributed by atoms with Gasteiger partial charge >= 0.3 is 12.0 Å². The van der Waals surface area contributed by atoms with Crippen LogP contribution in [-0.2, 0) is 14.3 Å². The molecule has 0 aromatic heterocycles. The fraction of sp³-hybridized carbons (Fsp3) is 0.412. The van der Waals surface area contributed by atoms with Crippen LogP contribution >= 0.6 is 0 Å². The van der Waals surface area contributed by atoms with Gasteiger partial charge in [-0.1, -0.05) is 29.8 Å². The molecule has 1 aromatic rings. The first kappa shape index (κ1) is 17.0. The number of carbonyl (C=O) groups is 2. The normalized spacial score (nSPS) is 18.0. The Bertz CT molecular complexity index is 639. The SMILES string of the molecule is COCCN1C(=O)N[C@@H](c2cccc(C)c2)C(C(=O)OC)=C1C. The Kier molecular flexibility index (Phi) is 5.39. The number of esters is 1. The molecule has 0 unspecified atom stereocenters. The van der Waals surface area contributed by atoms with E-state index in [4.69, 9.17) is 9.47 Å². The lowest BCUT2D eigenvalue weighted by atomic mass is 9.94. The minimum atomic E-state index is -0.520. The summed E-state index contributed by atoms with van der Waals surface area (Å²) in [6, 6.07) is 6.93. The number of hydrogen-bond acceptors (Lipinski definition) is 4. The van der Waals surface area contributed by atoms with Crippen LogP contribution in [0.3, 0.4) is 0 Å². The van der Waals surface area contributed by atoms with Gasteiger partial charge in [-0.3, -0.25) is 4.90 Å². The molecule has 0 aliphatic carbocycles. The molecule has 0 fully saturated rings. The largest absolute Gasteiger partial charge is 0.466 e. The first-order valence-corrected chi connectivity index (χ1v) is 7.42. The second kappa shape index (κ2) is 7.28. The molecule has 1 aliphatic heterocycles. The van der Waals surface area contributed by atoms with Gasteiger partial charge in [-0.25, -0.2) is 9.59 Å². The number of aryl methyl sites for hydroxylation is 1. The van der Waals surface area contributed by atoms with Gasteiger partial charge in [-0.2, -0.15) is 0 Å². The summed E-state index contributed by atoms with van der Waals surface area (Å²) in [6.45, 7) is 4.47. The van der Waals surface area contributed by atoms with Crippen molar-refractivity contribution in [3.8, 4) is 0 Å². The Hall–Kier alpha value is -2.34. The summed E-state index contributed by atoms with van der Waals surface area (Å²) in [5.41, 5.74) is 2.93. The Morgan fingerprint density at radius 3 is 2.65 bits per heavy atom. The zero-order valence-corrected chi connectivity index (χ0v) is 13.9. The molecular formula is C17H22N2O4. The summed E-state index contributed by atoms with van der Waals surface area (Å²) < 4.78 is 9.95. The van der Waals surface area contributed by atoms with Crippen molar-refractivity contribution in [1.82, 2.24) is 10.2 Å². The Labute approximate surface area is 136 Å². The van der Waals surface area contributed by atoms with E-state index in [-0.39, 0.29) is 6.03 Å². The Morgan fingerprint density at radius 2 is 2.04 bits per heavy atom. The molecule has 6 heteroatoms. The summed E-state index contributed by atoms with van der Waals surface area (Å²) in [5.74, 6) is -0.448. The van der Waals surface area contributed by atoms with Gasteiger partial charge in [0.25, 0.3) is 0 Å². The molecule has 23 heavy (non-hydrogen) atoms. The van der Waals surface area contributed by atoms with Crippen LogP contribution < -0.4 is 5.32 Å². The number of urea groups is 1. The van der Waals surface area contributed by atoms with Crippen molar-refractivity contribution in [3.05, 3.63) is 46.7 Å². The molecule has 0 saturated heterocycles. The average molecular weight is 318 g/mol. The first-order valence-electron chi connectivity index (χ1n) is 7.42. The molecular weight excluding hydrogens is 296 g/mol. The van der Waals surface area contributed by atoms with Crippen molar-refractivity contribution in [1.29, 1.82) is 0 Å². The maximum absolute atomic E-state index is 12.4. The van der Waals surface area contributed by atoms with E-state index in [0.29, 0.717) is 24.4 Å². The number of amides is 2. The number of rotatable bonds is 5. The second-order valence-corrected chi connectivity index (χ2v) is 5.43. The van der Waals surface area contributed by atoms with E-state index < -0.39 is 12.0 Å². The summed E-state index contributed by atoms with van der Waals surface area (Å²) in [6.07, 6.45) is 0. The zero-order valence-electron chi connectivity index (χ0n) is 13.9. The third-order valence-electron chi connectivity index (χ3n) is 3.90. The van der Waals surface area contributed by atoms with Crippen LogP contribution in [0, 0.1) is 6.92 Å². The number of hydrogen-bond donors (Lipinski definition) is 1. The molecule has 2 amide bonds. The standard InChI is InChI=1S/C17H22N2O4/c1-11-6-5-7-13(10-11)15-14(16(20)23-4)12(2)19(8-9-22-3)17(21)18-15/h5-7,10,15H,8-9H2,1-4H3,(H,18,21)/t15-/m0/s1. The van der Waals surface area contributed by atoms with Gasteiger partial charge in [0.15, 0.2) is 0 Å². The number of nitrogens with one attached hydrogen (secondary N) is 1. The van der Waals surface area contributed by atoms with Crippen molar-refractivity contribution in [3.63, 3.8) is 0 Å². The zero-order chi connectivity index (χ0) is 17.0. The van der Waals surface area contributed by atoms with Gasteiger partial charge in [-0.15, -0.1) is 0 Å². The highest BCUT2D eigenvalue weighted by Crippen LogP contribution is 2.31. The number of benzene rings is 1. The monoisotopic (exact) mass is 318 g/mol. The van der Waals surface area contributed by atoms with Gasteiger partial charge in [0, 0.05) is 12.8 Å². The van der Waals surface area contributed by atoms with Crippen LogP contribution in [0.15, 0.2) is 35.5 Å². The minimum Gasteiger partial charge on any atom is -0.466 e. The average Bonchev–Trinajstić information content (AvgIpc) is 2.53. The van der Waals surface area contributed by atoms with Crippen LogP contribution in [0.25, 0.3) is 0 Å². The number of carbonyl (C=O) groups excluding carboxylic acids is 2. The molecule has 1 heterocycles. The highest BCUT2D eigenvalue weighted by atomic mass is 16.5. The van der Waals surface area contributed by atoms with E-state index in [9.17, 15) is 9.59 Å². The van der Waals surface area contributed by atoms with Crippen LogP contribution in [0.2, 0.25) is 0 Å². The Balaban J connectivity index is 2.48. The van der Waals surface area contributed by atoms with Crippen molar-refractivity contribution in [2.24, 2.45) is 0 Å². The molecule has 0 spiro atoms. The van der Waals surface area contributed by atoms with Crippen molar-refractivity contribution < 1.29 is 19.1 Å². The fourth-order valence-electron chi connectivity index (χ4n) is 2.71. The lowest BCUT2D eigenvalue weighted by Gasteiger charge is -2.35. The first-order chi connectivity index (χ1) is 11.0. The third kappa shape index (κ3) is 3.53. The molecule has 124 valence electrons. The minimum absolute atomic E-state index is 0.251. The predicted molar refractivity (Wildman–Crippen MR) is 85.7 cm³/mol. The summed E-state index contributed by atoms with van der Waals surface area (Å²) in [5, 5.41) is 2.89. The molecule has 1 aromatic carbocycles. The van der Waals surface area contributed by atoms with Crippen LogP contribution in [0.5, 0.6) is 0 Å². The Morgan fingerprint density at radius 1 is 1.30 bits per heavy atom. The van der Waals surface area contributed by atoms with Gasteiger partial charge in [0.2, 0.25) is 0 Å². The molecule has 1 N–H and O–H groups in total. The van der Waals surface area contributed by atoms with Crippen molar-refractivity contribution in [2.45, 2.75) is 19.9 Å². The lowest BCUT2D eigenvalue weighted by Crippen LogP contribution is -2.48. The number of allylic oxidation sites excluding steroid dienone is 1. The van der Waals surface area contributed by atoms with E-state index in [0.717, 1.165) is 11.1 Å². The molecule has 1 aliphatic rings. The van der Waals surface area contributed by atoms with E-state index in [1.807, 2.05) is 31.2 Å². The van der Waals surface area contributed by atoms with Gasteiger partial charge in [-0.05, 0) is 19.4 Å². The number of methoxy groups -OCH3 is 2. The van der Waals surface area contributed by atoms with Crippen molar-refractivity contribution in [2.75, 3.05) is 27.4 Å². The van der Waals surface area contributed by atoms with Gasteiger partial charge in [0.1, 0.15) is 0 Å². The van der Waals surface area contributed by atoms with E-state index in [1.165, 1.54) is 12.0 Å². The highest BCUT2D eigenvalue weighted by molar-refractivity contribution is 5.95. The smallest absolute Gasteiger partial charge is 0.337 e. The second-order valence-electron chi connectivity index (χ2n) is 5.43. The molecule has 0 bridgehead atoms. The van der Waals surface area contributed by atoms with Crippen LogP contribution in [0.4, 0.5) is 4.79 Å². The van der Waals surface area contributed by atoms with Gasteiger partial charge in [0.05, 0.1) is 31.9 Å². The van der Waals surface area contributed by atoms with Crippen molar-refractivity contribution >= 4 is 12.0 Å². The summed E-state index contributed by atoms with van der Waals surface area (Å²) >= 11 is 0. The highest BCUT2D eigenvalue weighted by Gasteiger charge is 2.35. The maximum Gasteiger partial charge on any atom is 0.337 e. The topological polar surface area (TPSA) is 67.9 Å². The van der Waals surface area contributed by atoms with Gasteiger partial charge < -0.3 is 14.8 Å². The van der Waals surface area contributed by atoms with E-state index >= 15 is 0 Å². The number of nitrogens with zero attached hydrogens (tertiary/aromatic N) is 1. The summed E-state index contributed by atoms with van der Waals surface area (Å²) in [4.78, 5) is 26.2. The molecule has 2 rings (SSSR count). The van der Waals surface area contributed by atoms with Crippen LogP contribution in [-0.4, -0.2) is 44.3 Å². The quantitative estimate of drug-likeness (QED) is 0.845. The molecule has 0 radical (unpaired) electrons. The molecule has 1 atom stereocenters. The number of ether oxygens (including phenoxy) is 2. The van der Waals surface area contributed by atoms with E-state index in [2.05, 4.69) is 5.32 Å². The lowest BCUT2D eigenvalue weighted by molar-refractivity contribution is -0.136. The van der Waals surface area contributed by atoms with E-state index in [1.54, 1.807) is 14.0 Å². The third-order valence-corrected chi connectivity index (χ3v) is 3.90. The maximum atomic E-state index is 12.4. The van der Waals surface area contributed by atoms with Crippen LogP contribution in [0.1, 0.15) is 24.1 Å². The molecule has 0 saturated carbocycles.